The summed E-state index contributed by atoms with van der Waals surface area (Å²) in [6.45, 7) is 1.82. The maximum Gasteiger partial charge on any atom is 0.253 e. The van der Waals surface area contributed by atoms with Crippen LogP contribution >= 0.6 is 15.9 Å². The standard InChI is InChI=1S/C24H28BrN3O4/c1-32-15-12-26-23(30)21(27-22(29)18-6-3-2-4-7-18)17-10-13-28(14-11-17)24(31)19-8-5-9-20(25)16-19/h2-9,16-17,21H,10-15H2,1H3,(H,26,30)(H,27,29)/t21-/m0/s1. The summed E-state index contributed by atoms with van der Waals surface area (Å²) >= 11 is 3.40. The monoisotopic (exact) mass is 501 g/mol. The number of carbonyl (C=O) groups is 3. The van der Waals surface area contributed by atoms with E-state index in [9.17, 15) is 14.4 Å². The third-order valence-electron chi connectivity index (χ3n) is 5.58. The predicted molar refractivity (Wildman–Crippen MR) is 125 cm³/mol. The van der Waals surface area contributed by atoms with Crippen molar-refractivity contribution in [3.8, 4) is 0 Å². The van der Waals surface area contributed by atoms with Gasteiger partial charge in [-0.3, -0.25) is 14.4 Å². The van der Waals surface area contributed by atoms with E-state index in [1.54, 1.807) is 48.4 Å². The van der Waals surface area contributed by atoms with Crippen LogP contribution in [0.15, 0.2) is 59.1 Å². The molecule has 1 heterocycles. The van der Waals surface area contributed by atoms with Crippen LogP contribution in [0.5, 0.6) is 0 Å². The first-order valence-corrected chi connectivity index (χ1v) is 11.5. The molecule has 0 spiro atoms. The molecule has 2 aromatic rings. The molecule has 2 aromatic carbocycles. The van der Waals surface area contributed by atoms with Crippen LogP contribution in [0.25, 0.3) is 0 Å². The number of ether oxygens (including phenoxy) is 1. The second kappa shape index (κ2) is 11.8. The van der Waals surface area contributed by atoms with E-state index >= 15 is 0 Å². The van der Waals surface area contributed by atoms with Gasteiger partial charge in [0.15, 0.2) is 0 Å². The number of rotatable bonds is 8. The molecule has 1 atom stereocenters. The molecule has 7 nitrogen and oxygen atoms in total. The van der Waals surface area contributed by atoms with Crippen LogP contribution in [0.1, 0.15) is 33.6 Å². The number of hydrogen-bond donors (Lipinski definition) is 2. The Morgan fingerprint density at radius 1 is 1.06 bits per heavy atom. The van der Waals surface area contributed by atoms with Crippen molar-refractivity contribution < 1.29 is 19.1 Å². The van der Waals surface area contributed by atoms with Gasteiger partial charge in [0, 0.05) is 42.3 Å². The number of halogens is 1. The highest BCUT2D eigenvalue weighted by molar-refractivity contribution is 9.10. The van der Waals surface area contributed by atoms with Crippen LogP contribution in [0, 0.1) is 5.92 Å². The fraction of sp³-hybridized carbons (Fsp3) is 0.375. The quantitative estimate of drug-likeness (QED) is 0.544. The van der Waals surface area contributed by atoms with Crippen molar-refractivity contribution in [3.63, 3.8) is 0 Å². The molecule has 8 heteroatoms. The van der Waals surface area contributed by atoms with Gasteiger partial charge in [0.1, 0.15) is 6.04 Å². The van der Waals surface area contributed by atoms with E-state index in [1.165, 1.54) is 0 Å². The molecule has 1 saturated heterocycles. The molecular weight excluding hydrogens is 474 g/mol. The van der Waals surface area contributed by atoms with E-state index < -0.39 is 6.04 Å². The van der Waals surface area contributed by atoms with Crippen molar-refractivity contribution >= 4 is 33.7 Å². The molecule has 1 aliphatic rings. The van der Waals surface area contributed by atoms with E-state index in [0.717, 1.165) is 4.47 Å². The minimum Gasteiger partial charge on any atom is -0.383 e. The second-order valence-corrected chi connectivity index (χ2v) is 8.66. The zero-order valence-corrected chi connectivity index (χ0v) is 19.6. The first-order chi connectivity index (χ1) is 15.5. The van der Waals surface area contributed by atoms with Gasteiger partial charge in [-0.15, -0.1) is 0 Å². The average Bonchev–Trinajstić information content (AvgIpc) is 2.82. The molecule has 3 rings (SSSR count). The van der Waals surface area contributed by atoms with Crippen molar-refractivity contribution in [2.24, 2.45) is 5.92 Å². The molecule has 0 aromatic heterocycles. The maximum atomic E-state index is 12.9. The lowest BCUT2D eigenvalue weighted by molar-refractivity contribution is -0.124. The third-order valence-corrected chi connectivity index (χ3v) is 6.07. The number of nitrogens with one attached hydrogen (secondary N) is 2. The van der Waals surface area contributed by atoms with Gasteiger partial charge in [-0.25, -0.2) is 0 Å². The average molecular weight is 502 g/mol. The number of likely N-dealkylation sites (tertiary alicyclic amines) is 1. The Kier molecular flexibility index (Phi) is 8.81. The van der Waals surface area contributed by atoms with Gasteiger partial charge in [0.05, 0.1) is 6.61 Å². The van der Waals surface area contributed by atoms with E-state index in [1.807, 2.05) is 18.2 Å². The number of amides is 3. The van der Waals surface area contributed by atoms with Crippen LogP contribution < -0.4 is 10.6 Å². The van der Waals surface area contributed by atoms with E-state index in [4.69, 9.17) is 4.74 Å². The van der Waals surface area contributed by atoms with Crippen LogP contribution in [0.3, 0.4) is 0 Å². The summed E-state index contributed by atoms with van der Waals surface area (Å²) in [5, 5.41) is 5.75. The number of piperidine rings is 1. The molecule has 0 bridgehead atoms. The highest BCUT2D eigenvalue weighted by Crippen LogP contribution is 2.23. The van der Waals surface area contributed by atoms with Gasteiger partial charge in [0.2, 0.25) is 5.91 Å². The summed E-state index contributed by atoms with van der Waals surface area (Å²) in [6.07, 6.45) is 1.24. The molecule has 0 unspecified atom stereocenters. The maximum absolute atomic E-state index is 12.9. The molecular formula is C24H28BrN3O4. The highest BCUT2D eigenvalue weighted by Gasteiger charge is 2.34. The van der Waals surface area contributed by atoms with Crippen molar-refractivity contribution in [1.82, 2.24) is 15.5 Å². The molecule has 0 aliphatic carbocycles. The summed E-state index contributed by atoms with van der Waals surface area (Å²) in [5.74, 6) is -0.621. The van der Waals surface area contributed by atoms with Crippen LogP contribution in [0.2, 0.25) is 0 Å². The molecule has 3 amide bonds. The smallest absolute Gasteiger partial charge is 0.253 e. The number of nitrogens with zero attached hydrogens (tertiary/aromatic N) is 1. The molecule has 170 valence electrons. The van der Waals surface area contributed by atoms with E-state index in [0.29, 0.717) is 50.2 Å². The van der Waals surface area contributed by atoms with Crippen molar-refractivity contribution in [2.45, 2.75) is 18.9 Å². The first kappa shape index (κ1) is 23.9. The van der Waals surface area contributed by atoms with Gasteiger partial charge < -0.3 is 20.3 Å². The van der Waals surface area contributed by atoms with Crippen molar-refractivity contribution in [3.05, 3.63) is 70.2 Å². The Labute approximate surface area is 196 Å². The van der Waals surface area contributed by atoms with Crippen molar-refractivity contribution in [1.29, 1.82) is 0 Å². The Balaban J connectivity index is 1.66. The molecule has 1 aliphatic heterocycles. The summed E-state index contributed by atoms with van der Waals surface area (Å²) in [7, 11) is 1.57. The minimum atomic E-state index is -0.678. The number of hydrogen-bond acceptors (Lipinski definition) is 4. The molecule has 2 N–H and O–H groups in total. The number of methoxy groups -OCH3 is 1. The van der Waals surface area contributed by atoms with Crippen LogP contribution in [-0.4, -0.2) is 62.0 Å². The Hall–Kier alpha value is -2.71. The van der Waals surface area contributed by atoms with Gasteiger partial charge in [-0.1, -0.05) is 40.2 Å². The predicted octanol–water partition coefficient (Wildman–Crippen LogP) is 2.86. The van der Waals surface area contributed by atoms with Gasteiger partial charge >= 0.3 is 0 Å². The molecule has 1 fully saturated rings. The molecule has 0 saturated carbocycles. The zero-order chi connectivity index (χ0) is 22.9. The number of carbonyl (C=O) groups excluding carboxylic acids is 3. The Morgan fingerprint density at radius 2 is 1.75 bits per heavy atom. The van der Waals surface area contributed by atoms with Crippen LogP contribution in [0.4, 0.5) is 0 Å². The summed E-state index contributed by atoms with van der Waals surface area (Å²) in [4.78, 5) is 40.3. The lowest BCUT2D eigenvalue weighted by atomic mass is 9.88. The molecule has 32 heavy (non-hydrogen) atoms. The lowest BCUT2D eigenvalue weighted by Gasteiger charge is -2.36. The Morgan fingerprint density at radius 3 is 2.41 bits per heavy atom. The van der Waals surface area contributed by atoms with E-state index in [2.05, 4.69) is 26.6 Å². The lowest BCUT2D eigenvalue weighted by Crippen LogP contribution is -2.54. The largest absolute Gasteiger partial charge is 0.383 e. The summed E-state index contributed by atoms with van der Waals surface area (Å²) in [6, 6.07) is 15.5. The third kappa shape index (κ3) is 6.40. The van der Waals surface area contributed by atoms with Crippen LogP contribution in [-0.2, 0) is 9.53 Å². The minimum absolute atomic E-state index is 0.0285. The van der Waals surface area contributed by atoms with E-state index in [-0.39, 0.29) is 23.6 Å². The van der Waals surface area contributed by atoms with Gasteiger partial charge in [0.25, 0.3) is 11.8 Å². The Bertz CT molecular complexity index is 930. The fourth-order valence-corrected chi connectivity index (χ4v) is 4.24. The van der Waals surface area contributed by atoms with Gasteiger partial charge in [-0.05, 0) is 49.1 Å². The SMILES string of the molecule is COCCNC(=O)[C@@H](NC(=O)c1ccccc1)C1CCN(C(=O)c2cccc(Br)c2)CC1. The number of benzene rings is 2. The second-order valence-electron chi connectivity index (χ2n) is 7.74. The zero-order valence-electron chi connectivity index (χ0n) is 18.1. The summed E-state index contributed by atoms with van der Waals surface area (Å²) < 4.78 is 5.87. The van der Waals surface area contributed by atoms with Gasteiger partial charge in [-0.2, -0.15) is 0 Å². The van der Waals surface area contributed by atoms with Crippen molar-refractivity contribution in [2.75, 3.05) is 33.4 Å². The highest BCUT2D eigenvalue weighted by atomic mass is 79.9. The topological polar surface area (TPSA) is 87.7 Å². The normalized spacial score (nSPS) is 15.1. The molecule has 0 radical (unpaired) electrons. The summed E-state index contributed by atoms with van der Waals surface area (Å²) in [5.41, 5.74) is 1.13. The first-order valence-electron chi connectivity index (χ1n) is 10.7. The fourth-order valence-electron chi connectivity index (χ4n) is 3.84.